The number of hydrogen-bond donors (Lipinski definition) is 0. The van der Waals surface area contributed by atoms with Gasteiger partial charge in [-0.2, -0.15) is 0 Å². The third kappa shape index (κ3) is 5.77. The third-order valence-electron chi connectivity index (χ3n) is 5.80. The Morgan fingerprint density at radius 2 is 1.14 bits per heavy atom. The van der Waals surface area contributed by atoms with Crippen LogP contribution in [0.1, 0.15) is 85.0 Å². The van der Waals surface area contributed by atoms with Crippen molar-refractivity contribution >= 4 is 19.4 Å². The molecule has 0 heterocycles. The van der Waals surface area contributed by atoms with Gasteiger partial charge in [-0.1, -0.05) is 46.5 Å². The van der Waals surface area contributed by atoms with Crippen LogP contribution in [-0.4, -0.2) is 53.7 Å². The molecule has 4 heteroatoms. The molecule has 2 nitrogen and oxygen atoms in total. The molecular formula is C18H40N2Si2. The Bertz CT molecular complexity index is 261. The Labute approximate surface area is 144 Å². The highest BCUT2D eigenvalue weighted by Crippen LogP contribution is 2.26. The monoisotopic (exact) mass is 340 g/mol. The van der Waals surface area contributed by atoms with Crippen molar-refractivity contribution in [3.8, 4) is 0 Å². The molecule has 22 heavy (non-hydrogen) atoms. The molecule has 0 aromatic rings. The lowest BCUT2D eigenvalue weighted by Gasteiger charge is -2.35. The van der Waals surface area contributed by atoms with Gasteiger partial charge in [0.1, 0.15) is 0 Å². The largest absolute Gasteiger partial charge is 0.326 e. The Balaban J connectivity index is 1.83. The van der Waals surface area contributed by atoms with Crippen molar-refractivity contribution in [2.24, 2.45) is 0 Å². The average molecular weight is 341 g/mol. The first-order chi connectivity index (χ1) is 10.7. The Kier molecular flexibility index (Phi) is 8.72. The van der Waals surface area contributed by atoms with Gasteiger partial charge in [0.05, 0.1) is 19.4 Å². The quantitative estimate of drug-likeness (QED) is 0.563. The lowest BCUT2D eigenvalue weighted by Crippen LogP contribution is -2.45. The van der Waals surface area contributed by atoms with Crippen molar-refractivity contribution in [1.29, 1.82) is 0 Å². The van der Waals surface area contributed by atoms with Crippen molar-refractivity contribution in [1.82, 2.24) is 9.13 Å². The first kappa shape index (κ1) is 18.7. The SMILES string of the molecule is CCCN([SiH2]C(C)[SiH2]N(CCC)C1CCCC1)C1CCCC1. The molecule has 0 spiro atoms. The third-order valence-corrected chi connectivity index (χ3v) is 11.2. The smallest absolute Gasteiger partial charge is 0.0963 e. The second-order valence-corrected chi connectivity index (χ2v) is 14.3. The van der Waals surface area contributed by atoms with Gasteiger partial charge in [0.15, 0.2) is 0 Å². The van der Waals surface area contributed by atoms with Crippen LogP contribution < -0.4 is 0 Å². The average Bonchev–Trinajstić information content (AvgIpc) is 3.20. The van der Waals surface area contributed by atoms with Crippen molar-refractivity contribution in [2.75, 3.05) is 13.1 Å². The van der Waals surface area contributed by atoms with E-state index in [1.54, 1.807) is 0 Å². The minimum Gasteiger partial charge on any atom is -0.326 e. The standard InChI is InChI=1S/C18H40N2Si2/c1-4-14-19(17-10-6-7-11-17)21-16(3)22-20(15-5-2)18-12-8-9-13-18/h16-18H,4-15,21-22H2,1-3H3. The number of hydrogen-bond acceptors (Lipinski definition) is 2. The van der Waals surface area contributed by atoms with Crippen LogP contribution in [0.5, 0.6) is 0 Å². The van der Waals surface area contributed by atoms with Crippen LogP contribution in [0.3, 0.4) is 0 Å². The summed E-state index contributed by atoms with van der Waals surface area (Å²) in [5, 5.41) is 1.10. The molecule has 2 aliphatic rings. The van der Waals surface area contributed by atoms with E-state index < -0.39 is 0 Å². The predicted molar refractivity (Wildman–Crippen MR) is 105 cm³/mol. The van der Waals surface area contributed by atoms with Gasteiger partial charge in [0.2, 0.25) is 0 Å². The van der Waals surface area contributed by atoms with Crippen LogP contribution in [0.4, 0.5) is 0 Å². The van der Waals surface area contributed by atoms with Crippen LogP contribution in [0.2, 0.25) is 5.16 Å². The van der Waals surface area contributed by atoms with E-state index in [9.17, 15) is 0 Å². The Hall–Kier alpha value is 0.354. The second-order valence-electron chi connectivity index (χ2n) is 7.97. The molecule has 130 valence electrons. The summed E-state index contributed by atoms with van der Waals surface area (Å²) in [5.41, 5.74) is 0. The molecular weight excluding hydrogens is 300 g/mol. The maximum absolute atomic E-state index is 3.00. The van der Waals surface area contributed by atoms with E-state index in [2.05, 4.69) is 29.9 Å². The van der Waals surface area contributed by atoms with Crippen molar-refractivity contribution < 1.29 is 0 Å². The van der Waals surface area contributed by atoms with Gasteiger partial charge >= 0.3 is 0 Å². The first-order valence-electron chi connectivity index (χ1n) is 10.2. The van der Waals surface area contributed by atoms with Crippen molar-refractivity contribution in [3.05, 3.63) is 0 Å². The molecule has 0 amide bonds. The fraction of sp³-hybridized carbons (Fsp3) is 1.00. The van der Waals surface area contributed by atoms with Crippen molar-refractivity contribution in [2.45, 2.75) is 102 Å². The molecule has 0 bridgehead atoms. The molecule has 0 atom stereocenters. The molecule has 0 unspecified atom stereocenters. The van der Waals surface area contributed by atoms with Gasteiger partial charge in [-0.25, -0.2) is 0 Å². The summed E-state index contributed by atoms with van der Waals surface area (Å²) in [6.45, 7) is 10.2. The Morgan fingerprint density at radius 1 is 0.773 bits per heavy atom. The van der Waals surface area contributed by atoms with E-state index in [1.807, 2.05) is 0 Å². The molecule has 0 aromatic heterocycles. The van der Waals surface area contributed by atoms with Gasteiger partial charge in [-0.15, -0.1) is 0 Å². The number of rotatable bonds is 10. The van der Waals surface area contributed by atoms with Crippen LogP contribution in [-0.2, 0) is 0 Å². The summed E-state index contributed by atoms with van der Waals surface area (Å²) in [7, 11) is -0.0480. The first-order valence-corrected chi connectivity index (χ1v) is 13.1. The lowest BCUT2D eigenvalue weighted by atomic mass is 10.2. The van der Waals surface area contributed by atoms with E-state index in [1.165, 1.54) is 77.3 Å². The summed E-state index contributed by atoms with van der Waals surface area (Å²) in [6.07, 6.45) is 14.7. The van der Waals surface area contributed by atoms with Crippen molar-refractivity contribution in [3.63, 3.8) is 0 Å². The molecule has 2 rings (SSSR count). The zero-order chi connectivity index (χ0) is 15.8. The molecule has 2 aliphatic carbocycles. The lowest BCUT2D eigenvalue weighted by molar-refractivity contribution is 0.324. The molecule has 0 aliphatic heterocycles. The summed E-state index contributed by atoms with van der Waals surface area (Å²) < 4.78 is 6.01. The molecule has 2 saturated carbocycles. The highest BCUT2D eigenvalue weighted by atomic mass is 28.3. The second kappa shape index (κ2) is 10.3. The van der Waals surface area contributed by atoms with Gasteiger partial charge in [-0.3, -0.25) is 0 Å². The fourth-order valence-corrected chi connectivity index (χ4v) is 11.2. The summed E-state index contributed by atoms with van der Waals surface area (Å²) in [4.78, 5) is 0. The summed E-state index contributed by atoms with van der Waals surface area (Å²) in [6, 6.07) is 1.96. The highest BCUT2D eigenvalue weighted by molar-refractivity contribution is 6.55. The van der Waals surface area contributed by atoms with E-state index in [4.69, 9.17) is 0 Å². The summed E-state index contributed by atoms with van der Waals surface area (Å²) in [5.74, 6) is 0. The van der Waals surface area contributed by atoms with Gasteiger partial charge in [-0.05, 0) is 56.8 Å². The number of nitrogens with zero attached hydrogens (tertiary/aromatic N) is 2. The minimum atomic E-state index is -0.0240. The van der Waals surface area contributed by atoms with E-state index in [-0.39, 0.29) is 19.4 Å². The van der Waals surface area contributed by atoms with E-state index in [0.717, 1.165) is 17.2 Å². The highest BCUT2D eigenvalue weighted by Gasteiger charge is 2.27. The molecule has 0 radical (unpaired) electrons. The van der Waals surface area contributed by atoms with Crippen LogP contribution in [0.25, 0.3) is 0 Å². The molecule has 0 saturated heterocycles. The maximum atomic E-state index is 3.00. The van der Waals surface area contributed by atoms with Crippen LogP contribution in [0.15, 0.2) is 0 Å². The zero-order valence-corrected chi connectivity index (χ0v) is 18.4. The normalized spacial score (nSPS) is 23.3. The van der Waals surface area contributed by atoms with E-state index >= 15 is 0 Å². The minimum absolute atomic E-state index is 0.0240. The maximum Gasteiger partial charge on any atom is 0.0963 e. The Morgan fingerprint density at radius 3 is 1.45 bits per heavy atom. The van der Waals surface area contributed by atoms with Crippen LogP contribution >= 0.6 is 0 Å². The predicted octanol–water partition coefficient (Wildman–Crippen LogP) is 3.23. The fourth-order valence-electron chi connectivity index (χ4n) is 4.82. The zero-order valence-electron chi connectivity index (χ0n) is 15.5. The van der Waals surface area contributed by atoms with Gasteiger partial charge in [0.25, 0.3) is 0 Å². The van der Waals surface area contributed by atoms with Gasteiger partial charge < -0.3 is 9.13 Å². The summed E-state index contributed by atoms with van der Waals surface area (Å²) >= 11 is 0. The topological polar surface area (TPSA) is 6.48 Å². The molecule has 2 fully saturated rings. The van der Waals surface area contributed by atoms with Crippen LogP contribution in [0, 0.1) is 0 Å². The van der Waals surface area contributed by atoms with E-state index in [0.29, 0.717) is 0 Å². The molecule has 0 N–H and O–H groups in total. The molecule has 0 aromatic carbocycles. The van der Waals surface area contributed by atoms with Gasteiger partial charge in [0, 0.05) is 12.1 Å².